The Morgan fingerprint density at radius 3 is 2.71 bits per heavy atom. The molecule has 118 valence electrons. The topological polar surface area (TPSA) is 37.8 Å². The highest BCUT2D eigenvalue weighted by Crippen LogP contribution is 2.29. The van der Waals surface area contributed by atoms with Crippen molar-refractivity contribution in [1.82, 2.24) is 9.97 Å². The number of rotatable bonds is 3. The summed E-state index contributed by atoms with van der Waals surface area (Å²) in [5, 5.41) is 8.27. The van der Waals surface area contributed by atoms with E-state index in [1.807, 2.05) is 23.6 Å². The van der Waals surface area contributed by atoms with Gasteiger partial charge in [-0.15, -0.1) is 0 Å². The van der Waals surface area contributed by atoms with E-state index in [0.29, 0.717) is 11.5 Å². The lowest BCUT2D eigenvalue weighted by atomic mass is 10.1. The monoisotopic (exact) mass is 355 g/mol. The number of thiophene rings is 1. The number of aromatic nitrogens is 2. The molecule has 0 saturated carbocycles. The molecule has 0 atom stereocenters. The quantitative estimate of drug-likeness (QED) is 0.497. The van der Waals surface area contributed by atoms with Crippen molar-refractivity contribution in [3.63, 3.8) is 0 Å². The molecular formula is C18H11ClFN3S. The van der Waals surface area contributed by atoms with E-state index in [4.69, 9.17) is 11.6 Å². The maximum absolute atomic E-state index is 13.3. The van der Waals surface area contributed by atoms with Crippen LogP contribution in [0.2, 0.25) is 5.02 Å². The molecule has 0 bridgehead atoms. The summed E-state index contributed by atoms with van der Waals surface area (Å²) in [5.41, 5.74) is 3.78. The average molecular weight is 356 g/mol. The van der Waals surface area contributed by atoms with Gasteiger partial charge in [0, 0.05) is 11.1 Å². The Balaban J connectivity index is 1.74. The molecule has 0 fully saturated rings. The maximum Gasteiger partial charge on any atom is 0.141 e. The summed E-state index contributed by atoms with van der Waals surface area (Å²) < 4.78 is 13.3. The molecular weight excluding hydrogens is 345 g/mol. The molecule has 0 radical (unpaired) electrons. The number of hydrogen-bond donors (Lipinski definition) is 1. The third-order valence-corrected chi connectivity index (χ3v) is 4.65. The van der Waals surface area contributed by atoms with E-state index in [0.717, 1.165) is 16.5 Å². The Bertz CT molecular complexity index is 1020. The third-order valence-electron chi connectivity index (χ3n) is 3.67. The van der Waals surface area contributed by atoms with E-state index >= 15 is 0 Å². The molecule has 2 heterocycles. The van der Waals surface area contributed by atoms with Crippen molar-refractivity contribution < 1.29 is 4.39 Å². The third kappa shape index (κ3) is 2.84. The molecule has 4 rings (SSSR count). The molecule has 0 aliphatic heterocycles. The highest BCUT2D eigenvalue weighted by atomic mass is 35.5. The number of benzene rings is 2. The molecule has 0 amide bonds. The predicted molar refractivity (Wildman–Crippen MR) is 97.5 cm³/mol. The first kappa shape index (κ1) is 15.1. The highest BCUT2D eigenvalue weighted by Gasteiger charge is 2.08. The summed E-state index contributed by atoms with van der Waals surface area (Å²) in [6.45, 7) is 0. The van der Waals surface area contributed by atoms with Gasteiger partial charge in [0.2, 0.25) is 0 Å². The van der Waals surface area contributed by atoms with Gasteiger partial charge in [0.15, 0.2) is 0 Å². The SMILES string of the molecule is Fc1ccc(Nc2ncnc3cc(-c4ccsc4)ccc23)cc1Cl. The Morgan fingerprint density at radius 2 is 1.92 bits per heavy atom. The van der Waals surface area contributed by atoms with Gasteiger partial charge in [0.1, 0.15) is 18.0 Å². The zero-order valence-corrected chi connectivity index (χ0v) is 13.9. The van der Waals surface area contributed by atoms with E-state index in [-0.39, 0.29) is 5.02 Å². The van der Waals surface area contributed by atoms with E-state index in [1.165, 1.54) is 24.0 Å². The summed E-state index contributed by atoms with van der Waals surface area (Å²) in [5.74, 6) is 0.203. The second-order valence-corrected chi connectivity index (χ2v) is 6.41. The van der Waals surface area contributed by atoms with Gasteiger partial charge in [0.25, 0.3) is 0 Å². The minimum atomic E-state index is -0.449. The summed E-state index contributed by atoms with van der Waals surface area (Å²) in [6.07, 6.45) is 1.51. The van der Waals surface area contributed by atoms with Crippen molar-refractivity contribution in [2.75, 3.05) is 5.32 Å². The first-order chi connectivity index (χ1) is 11.7. The number of hydrogen-bond acceptors (Lipinski definition) is 4. The molecule has 0 aliphatic rings. The molecule has 4 aromatic rings. The predicted octanol–water partition coefficient (Wildman–Crippen LogP) is 5.89. The molecule has 0 aliphatic carbocycles. The molecule has 2 aromatic heterocycles. The summed E-state index contributed by atoms with van der Waals surface area (Å²) in [6, 6.07) is 12.6. The molecule has 0 spiro atoms. The van der Waals surface area contributed by atoms with Gasteiger partial charge in [-0.3, -0.25) is 0 Å². The van der Waals surface area contributed by atoms with Crippen LogP contribution in [0, 0.1) is 5.82 Å². The lowest BCUT2D eigenvalue weighted by Gasteiger charge is -2.09. The second-order valence-electron chi connectivity index (χ2n) is 5.22. The first-order valence-electron chi connectivity index (χ1n) is 7.20. The van der Waals surface area contributed by atoms with Crippen molar-refractivity contribution in [1.29, 1.82) is 0 Å². The van der Waals surface area contributed by atoms with Gasteiger partial charge in [-0.25, -0.2) is 14.4 Å². The van der Waals surface area contributed by atoms with E-state index in [1.54, 1.807) is 17.4 Å². The van der Waals surface area contributed by atoms with Gasteiger partial charge in [-0.05, 0) is 58.3 Å². The van der Waals surface area contributed by atoms with E-state index in [2.05, 4.69) is 26.7 Å². The number of anilines is 2. The standard InChI is InChI=1S/C18H11ClFN3S/c19-15-8-13(2-4-16(15)20)23-18-14-3-1-11(12-5-6-24-9-12)7-17(14)21-10-22-18/h1-10H,(H,21,22,23). The molecule has 0 unspecified atom stereocenters. The largest absolute Gasteiger partial charge is 0.340 e. The molecule has 24 heavy (non-hydrogen) atoms. The fourth-order valence-electron chi connectivity index (χ4n) is 2.48. The number of halogens is 2. The van der Waals surface area contributed by atoms with Crippen LogP contribution >= 0.6 is 22.9 Å². The van der Waals surface area contributed by atoms with E-state index < -0.39 is 5.82 Å². The lowest BCUT2D eigenvalue weighted by Crippen LogP contribution is -1.96. The summed E-state index contributed by atoms with van der Waals surface area (Å²) >= 11 is 7.49. The minimum absolute atomic E-state index is 0.0677. The Kier molecular flexibility index (Phi) is 3.88. The molecule has 6 heteroatoms. The van der Waals surface area contributed by atoms with Crippen molar-refractivity contribution >= 4 is 45.3 Å². The van der Waals surface area contributed by atoms with Crippen LogP contribution in [0.5, 0.6) is 0 Å². The van der Waals surface area contributed by atoms with Crippen LogP contribution in [-0.4, -0.2) is 9.97 Å². The lowest BCUT2D eigenvalue weighted by molar-refractivity contribution is 0.628. The van der Waals surface area contributed by atoms with Crippen molar-refractivity contribution in [2.45, 2.75) is 0 Å². The summed E-state index contributed by atoms with van der Waals surface area (Å²) in [4.78, 5) is 8.64. The van der Waals surface area contributed by atoms with Crippen LogP contribution < -0.4 is 5.32 Å². The fraction of sp³-hybridized carbons (Fsp3) is 0. The second kappa shape index (κ2) is 6.19. The van der Waals surface area contributed by atoms with Crippen LogP contribution in [0.3, 0.4) is 0 Å². The highest BCUT2D eigenvalue weighted by molar-refractivity contribution is 7.08. The number of nitrogens with one attached hydrogen (secondary N) is 1. The Morgan fingerprint density at radius 1 is 1.00 bits per heavy atom. The van der Waals surface area contributed by atoms with Crippen LogP contribution in [-0.2, 0) is 0 Å². The zero-order chi connectivity index (χ0) is 16.5. The van der Waals surface area contributed by atoms with E-state index in [9.17, 15) is 4.39 Å². The summed E-state index contributed by atoms with van der Waals surface area (Å²) in [7, 11) is 0. The zero-order valence-electron chi connectivity index (χ0n) is 12.3. The first-order valence-corrected chi connectivity index (χ1v) is 8.52. The van der Waals surface area contributed by atoms with Crippen molar-refractivity contribution in [3.8, 4) is 11.1 Å². The van der Waals surface area contributed by atoms with Crippen LogP contribution in [0.25, 0.3) is 22.0 Å². The minimum Gasteiger partial charge on any atom is -0.340 e. The normalized spacial score (nSPS) is 10.9. The van der Waals surface area contributed by atoms with Gasteiger partial charge in [-0.2, -0.15) is 11.3 Å². The Labute approximate surface area is 146 Å². The molecule has 2 aromatic carbocycles. The Hall–Kier alpha value is -2.50. The van der Waals surface area contributed by atoms with Gasteiger partial charge in [0.05, 0.1) is 10.5 Å². The number of nitrogens with zero attached hydrogens (tertiary/aromatic N) is 2. The molecule has 3 nitrogen and oxygen atoms in total. The van der Waals surface area contributed by atoms with Crippen molar-refractivity contribution in [2.24, 2.45) is 0 Å². The van der Waals surface area contributed by atoms with Gasteiger partial charge in [-0.1, -0.05) is 17.7 Å². The fourth-order valence-corrected chi connectivity index (χ4v) is 3.32. The molecule has 0 saturated heterocycles. The number of fused-ring (bicyclic) bond motifs is 1. The van der Waals surface area contributed by atoms with Crippen LogP contribution in [0.4, 0.5) is 15.9 Å². The van der Waals surface area contributed by atoms with Gasteiger partial charge >= 0.3 is 0 Å². The molecule has 1 N–H and O–H groups in total. The van der Waals surface area contributed by atoms with Crippen molar-refractivity contribution in [3.05, 3.63) is 70.4 Å². The smallest absolute Gasteiger partial charge is 0.141 e. The van der Waals surface area contributed by atoms with Crippen LogP contribution in [0.15, 0.2) is 59.6 Å². The average Bonchev–Trinajstić information content (AvgIpc) is 3.13. The maximum atomic E-state index is 13.3. The van der Waals surface area contributed by atoms with Crippen LogP contribution in [0.1, 0.15) is 0 Å². The van der Waals surface area contributed by atoms with Gasteiger partial charge < -0.3 is 5.32 Å².